The van der Waals surface area contributed by atoms with Crippen LogP contribution in [0.2, 0.25) is 0 Å². The molecule has 34 heavy (non-hydrogen) atoms. The van der Waals surface area contributed by atoms with E-state index in [2.05, 4.69) is 32.1 Å². The molecule has 2 fully saturated rings. The molecule has 1 aromatic carbocycles. The van der Waals surface area contributed by atoms with Crippen molar-refractivity contribution in [2.75, 3.05) is 30.4 Å². The predicted octanol–water partition coefficient (Wildman–Crippen LogP) is 4.01. The fourth-order valence-electron chi connectivity index (χ4n) is 4.86. The summed E-state index contributed by atoms with van der Waals surface area (Å²) in [7, 11) is 2.19. The van der Waals surface area contributed by atoms with Gasteiger partial charge in [0.2, 0.25) is 5.95 Å². The first-order chi connectivity index (χ1) is 16.3. The topological polar surface area (TPSA) is 90.3 Å². The first-order valence-corrected chi connectivity index (χ1v) is 12.3. The summed E-state index contributed by atoms with van der Waals surface area (Å²) in [4.78, 5) is 23.4. The first kappa shape index (κ1) is 21.4. The standard InChI is InChI=1S/C25H27N7OS/c1-25(2,33)16-6-4-5-15(9-16)23-28-19-11-22(27-12-20(19)34-23)29-21-7-8-26-24(30-21)32-14-17-10-18(32)13-31(17)3/h4-9,11-12,17-18,33H,10,13-14H2,1-3H3,(H,26,27,29,30)/t17-,18-/m0/s1. The molecular weight excluding hydrogens is 446 g/mol. The van der Waals surface area contributed by atoms with Gasteiger partial charge in [-0.25, -0.2) is 15.0 Å². The molecule has 0 aliphatic carbocycles. The third-order valence-electron chi connectivity index (χ3n) is 6.76. The molecule has 0 unspecified atom stereocenters. The highest BCUT2D eigenvalue weighted by Crippen LogP contribution is 2.34. The molecule has 5 heterocycles. The number of likely N-dealkylation sites (N-methyl/N-ethyl adjacent to an activating group) is 1. The third kappa shape index (κ3) is 3.89. The fourth-order valence-corrected chi connectivity index (χ4v) is 5.77. The number of hydrogen-bond acceptors (Lipinski definition) is 9. The van der Waals surface area contributed by atoms with Gasteiger partial charge in [-0.2, -0.15) is 4.98 Å². The number of anilines is 3. The molecule has 2 aliphatic heterocycles. The monoisotopic (exact) mass is 473 g/mol. The first-order valence-electron chi connectivity index (χ1n) is 11.5. The summed E-state index contributed by atoms with van der Waals surface area (Å²) in [6.45, 7) is 5.62. The van der Waals surface area contributed by atoms with Gasteiger partial charge in [0.05, 0.1) is 15.8 Å². The Labute approximate surface area is 202 Å². The zero-order chi connectivity index (χ0) is 23.4. The highest BCUT2D eigenvalue weighted by Gasteiger charge is 2.42. The highest BCUT2D eigenvalue weighted by molar-refractivity contribution is 7.21. The Morgan fingerprint density at radius 3 is 2.71 bits per heavy atom. The van der Waals surface area contributed by atoms with Crippen molar-refractivity contribution in [1.82, 2.24) is 24.8 Å². The van der Waals surface area contributed by atoms with Crippen molar-refractivity contribution >= 4 is 39.1 Å². The summed E-state index contributed by atoms with van der Waals surface area (Å²) in [5.41, 5.74) is 1.83. The van der Waals surface area contributed by atoms with E-state index in [0.29, 0.717) is 17.9 Å². The van der Waals surface area contributed by atoms with Gasteiger partial charge in [0.25, 0.3) is 0 Å². The Hall–Kier alpha value is -3.14. The summed E-state index contributed by atoms with van der Waals surface area (Å²) < 4.78 is 1.01. The average Bonchev–Trinajstić information content (AvgIpc) is 3.52. The van der Waals surface area contributed by atoms with Crippen LogP contribution in [0.25, 0.3) is 20.8 Å². The van der Waals surface area contributed by atoms with Crippen LogP contribution in [-0.4, -0.2) is 62.2 Å². The molecule has 2 N–H and O–H groups in total. The number of aromatic nitrogens is 4. The van der Waals surface area contributed by atoms with Crippen LogP contribution in [0.1, 0.15) is 25.8 Å². The van der Waals surface area contributed by atoms with Gasteiger partial charge in [0.15, 0.2) is 0 Å². The van der Waals surface area contributed by atoms with E-state index in [-0.39, 0.29) is 0 Å². The number of nitrogens with zero attached hydrogens (tertiary/aromatic N) is 6. The zero-order valence-corrected chi connectivity index (χ0v) is 20.3. The maximum absolute atomic E-state index is 10.4. The number of thiazole rings is 1. The van der Waals surface area contributed by atoms with E-state index in [9.17, 15) is 5.11 Å². The van der Waals surface area contributed by atoms with Crippen molar-refractivity contribution in [3.8, 4) is 10.6 Å². The molecule has 2 bridgehead atoms. The van der Waals surface area contributed by atoms with Crippen molar-refractivity contribution in [2.24, 2.45) is 0 Å². The minimum Gasteiger partial charge on any atom is -0.386 e. The molecule has 0 spiro atoms. The molecule has 3 aromatic heterocycles. The normalized spacial score (nSPS) is 20.4. The smallest absolute Gasteiger partial charge is 0.227 e. The van der Waals surface area contributed by atoms with Gasteiger partial charge in [-0.05, 0) is 45.0 Å². The molecule has 0 amide bonds. The van der Waals surface area contributed by atoms with Gasteiger partial charge in [0.1, 0.15) is 16.6 Å². The van der Waals surface area contributed by atoms with Gasteiger partial charge in [0, 0.05) is 49.2 Å². The number of fused-ring (bicyclic) bond motifs is 3. The Kier molecular flexibility index (Phi) is 5.02. The van der Waals surface area contributed by atoms with Crippen molar-refractivity contribution < 1.29 is 5.11 Å². The zero-order valence-electron chi connectivity index (χ0n) is 19.4. The van der Waals surface area contributed by atoms with Gasteiger partial charge in [-0.15, -0.1) is 11.3 Å². The maximum atomic E-state index is 10.4. The minimum atomic E-state index is -0.897. The summed E-state index contributed by atoms with van der Waals surface area (Å²) >= 11 is 1.59. The Morgan fingerprint density at radius 2 is 1.94 bits per heavy atom. The van der Waals surface area contributed by atoms with Crippen molar-refractivity contribution in [3.63, 3.8) is 0 Å². The van der Waals surface area contributed by atoms with E-state index in [4.69, 9.17) is 9.97 Å². The number of likely N-dealkylation sites (tertiary alicyclic amines) is 1. The van der Waals surface area contributed by atoms with Gasteiger partial charge in [-0.1, -0.05) is 18.2 Å². The van der Waals surface area contributed by atoms with Gasteiger partial charge >= 0.3 is 0 Å². The molecule has 0 radical (unpaired) electrons. The van der Waals surface area contributed by atoms with E-state index in [0.717, 1.165) is 51.2 Å². The SMILES string of the molecule is CN1C[C@@H]2C[C@H]1CN2c1nccc(Nc2cc3nc(-c4cccc(C(C)(C)O)c4)sc3cn2)n1. The van der Waals surface area contributed by atoms with Crippen LogP contribution in [0.15, 0.2) is 48.8 Å². The average molecular weight is 474 g/mol. The van der Waals surface area contributed by atoms with E-state index in [1.54, 1.807) is 31.4 Å². The molecule has 8 nitrogen and oxygen atoms in total. The van der Waals surface area contributed by atoms with Crippen LogP contribution in [0, 0.1) is 0 Å². The van der Waals surface area contributed by atoms with Crippen LogP contribution in [0.3, 0.4) is 0 Å². The Morgan fingerprint density at radius 1 is 1.06 bits per heavy atom. The molecule has 2 saturated heterocycles. The number of benzene rings is 1. The van der Waals surface area contributed by atoms with Crippen LogP contribution in [-0.2, 0) is 5.60 Å². The highest BCUT2D eigenvalue weighted by atomic mass is 32.1. The molecule has 0 saturated carbocycles. The van der Waals surface area contributed by atoms with Gasteiger partial charge < -0.3 is 15.3 Å². The summed E-state index contributed by atoms with van der Waals surface area (Å²) in [5, 5.41) is 14.6. The van der Waals surface area contributed by atoms with Gasteiger partial charge in [-0.3, -0.25) is 4.90 Å². The largest absolute Gasteiger partial charge is 0.386 e. The lowest BCUT2D eigenvalue weighted by molar-refractivity contribution is 0.0786. The van der Waals surface area contributed by atoms with Crippen molar-refractivity contribution in [3.05, 3.63) is 54.4 Å². The number of hydrogen-bond donors (Lipinski definition) is 2. The number of pyridine rings is 1. The molecule has 4 aromatic rings. The van der Waals surface area contributed by atoms with E-state index in [1.165, 1.54) is 6.42 Å². The number of rotatable bonds is 5. The molecule has 174 valence electrons. The predicted molar refractivity (Wildman–Crippen MR) is 136 cm³/mol. The minimum absolute atomic E-state index is 0.489. The van der Waals surface area contributed by atoms with Crippen molar-refractivity contribution in [1.29, 1.82) is 0 Å². The second kappa shape index (κ2) is 7.97. The van der Waals surface area contributed by atoms with Crippen molar-refractivity contribution in [2.45, 2.75) is 38.0 Å². The van der Waals surface area contributed by atoms with Crippen LogP contribution in [0.4, 0.5) is 17.6 Å². The summed E-state index contributed by atoms with van der Waals surface area (Å²) in [6, 6.07) is 12.8. The summed E-state index contributed by atoms with van der Waals surface area (Å²) in [5.74, 6) is 2.19. The second-order valence-electron chi connectivity index (χ2n) is 9.70. The lowest BCUT2D eigenvalue weighted by Gasteiger charge is -2.31. The number of piperazine rings is 1. The molecule has 9 heteroatoms. The van der Waals surface area contributed by atoms with E-state index >= 15 is 0 Å². The second-order valence-corrected chi connectivity index (χ2v) is 10.7. The third-order valence-corrected chi connectivity index (χ3v) is 7.82. The number of aliphatic hydroxyl groups is 1. The quantitative estimate of drug-likeness (QED) is 0.449. The maximum Gasteiger partial charge on any atom is 0.227 e. The van der Waals surface area contributed by atoms with E-state index < -0.39 is 5.60 Å². The molecular formula is C25H27N7OS. The Balaban J connectivity index is 1.24. The van der Waals surface area contributed by atoms with E-state index in [1.807, 2.05) is 42.6 Å². The summed E-state index contributed by atoms with van der Waals surface area (Å²) in [6.07, 6.45) is 4.83. The Bertz CT molecular complexity index is 1360. The number of nitrogens with one attached hydrogen (secondary N) is 1. The van der Waals surface area contributed by atoms with Crippen LogP contribution in [0.5, 0.6) is 0 Å². The lowest BCUT2D eigenvalue weighted by atomic mass is 9.97. The molecule has 2 aliphatic rings. The van der Waals surface area contributed by atoms with Crippen LogP contribution < -0.4 is 10.2 Å². The van der Waals surface area contributed by atoms with Crippen LogP contribution >= 0.6 is 11.3 Å². The fraction of sp³-hybridized carbons (Fsp3) is 0.360. The lowest BCUT2D eigenvalue weighted by Crippen LogP contribution is -2.45. The molecule has 6 rings (SSSR count). The molecule has 2 atom stereocenters.